The minimum Gasteiger partial charge on any atom is -0.378 e. The normalized spacial score (nSPS) is 11.8. The van der Waals surface area contributed by atoms with Crippen molar-refractivity contribution >= 4 is 55.7 Å². The first-order valence-electron chi connectivity index (χ1n) is 23.9. The third kappa shape index (κ3) is 9.48. The van der Waals surface area contributed by atoms with Gasteiger partial charge in [-0.2, -0.15) is 0 Å². The van der Waals surface area contributed by atoms with Crippen molar-refractivity contribution in [3.05, 3.63) is 128 Å². The van der Waals surface area contributed by atoms with Gasteiger partial charge in [0.25, 0.3) is 0 Å². The molecule has 3 aromatic heterocycles. The number of hydrogen-bond acceptors (Lipinski definition) is 4. The van der Waals surface area contributed by atoms with Crippen LogP contribution in [0.25, 0.3) is 44.4 Å². The number of nitrogens with one attached hydrogen (secondary N) is 2. The van der Waals surface area contributed by atoms with Crippen molar-refractivity contribution in [2.45, 2.75) is 107 Å². The molecule has 2 aliphatic rings. The van der Waals surface area contributed by atoms with E-state index in [2.05, 4.69) is 159 Å². The Labute approximate surface area is 394 Å². The molecule has 8 bridgehead atoms. The zero-order valence-electron chi connectivity index (χ0n) is 41.2. The number of H-pyrrole nitrogens is 2. The highest BCUT2D eigenvalue weighted by molar-refractivity contribution is 5.99. The second kappa shape index (κ2) is 20.8. The fraction of sp³-hybridized carbons (Fsp3) is 0.333. The molecule has 0 atom stereocenters. The van der Waals surface area contributed by atoms with E-state index in [-0.39, 0.29) is 0 Å². The van der Waals surface area contributed by atoms with Crippen molar-refractivity contribution in [2.75, 3.05) is 38.0 Å². The molecule has 0 unspecified atom stereocenters. The lowest BCUT2D eigenvalue weighted by molar-refractivity contribution is 1.07. The van der Waals surface area contributed by atoms with Gasteiger partial charge in [0.15, 0.2) is 0 Å². The summed E-state index contributed by atoms with van der Waals surface area (Å²) in [6, 6.07) is 21.2. The fourth-order valence-electron chi connectivity index (χ4n) is 9.53. The Morgan fingerprint density at radius 1 is 0.394 bits per heavy atom. The highest BCUT2D eigenvalue weighted by atomic mass is 15.1. The summed E-state index contributed by atoms with van der Waals surface area (Å²) in [7, 11) is 8.14. The zero-order chi connectivity index (χ0) is 47.1. The second-order valence-corrected chi connectivity index (χ2v) is 17.2. The third-order valence-electron chi connectivity index (χ3n) is 12.9. The number of nitrogens with zero attached hydrogens (tertiary/aromatic N) is 4. The van der Waals surface area contributed by atoms with Gasteiger partial charge in [0.1, 0.15) is 0 Å². The number of aromatic amines is 2. The predicted octanol–water partition coefficient (Wildman–Crippen LogP) is 13.0. The van der Waals surface area contributed by atoms with Gasteiger partial charge in [-0.1, -0.05) is 73.2 Å². The minimum absolute atomic E-state index is 0.828. The SMILES string of the molecule is CCC1=C(CC)c2nc1cc1[nH]c(cc3[nH]c(cc4nc(c2C#CC#Cc2ccc(C#CC#Cc5cc(N(C)C)cc(N(C)C)c5)cc2)C(CC)=C4CC)c(CC)c3CC)c(CC)c1CC. The van der Waals surface area contributed by atoms with Gasteiger partial charge in [0, 0.05) is 78.3 Å². The third-order valence-corrected chi connectivity index (χ3v) is 12.9. The molecule has 2 N–H and O–H groups in total. The number of allylic oxidation sites excluding steroid dienone is 4. The Kier molecular flexibility index (Phi) is 14.8. The lowest BCUT2D eigenvalue weighted by Gasteiger charge is -2.18. The molecule has 7 rings (SSSR count). The molecule has 6 nitrogen and oxygen atoms in total. The minimum atomic E-state index is 0.828. The van der Waals surface area contributed by atoms with Crippen molar-refractivity contribution in [2.24, 2.45) is 0 Å². The van der Waals surface area contributed by atoms with E-state index in [1.165, 1.54) is 55.6 Å². The molecule has 66 heavy (non-hydrogen) atoms. The van der Waals surface area contributed by atoms with Crippen molar-refractivity contribution < 1.29 is 0 Å². The van der Waals surface area contributed by atoms with Crippen LogP contribution < -0.4 is 9.80 Å². The van der Waals surface area contributed by atoms with Gasteiger partial charge in [-0.25, -0.2) is 9.97 Å². The highest BCUT2D eigenvalue weighted by Crippen LogP contribution is 2.41. The number of benzene rings is 2. The summed E-state index contributed by atoms with van der Waals surface area (Å²) < 4.78 is 0. The largest absolute Gasteiger partial charge is 0.378 e. The van der Waals surface area contributed by atoms with Gasteiger partial charge in [-0.05, 0) is 186 Å². The van der Waals surface area contributed by atoms with Crippen LogP contribution in [0, 0.1) is 47.4 Å². The Morgan fingerprint density at radius 3 is 1.09 bits per heavy atom. The van der Waals surface area contributed by atoms with Crippen LogP contribution in [0.1, 0.15) is 148 Å². The molecule has 2 aromatic carbocycles. The molecule has 0 saturated carbocycles. The molecule has 0 aliphatic carbocycles. The molecule has 5 aromatic rings. The van der Waals surface area contributed by atoms with Gasteiger partial charge in [0.05, 0.1) is 28.3 Å². The number of hydrogen-bond donors (Lipinski definition) is 2. The van der Waals surface area contributed by atoms with Crippen LogP contribution in [-0.2, 0) is 25.7 Å². The molecule has 2 aliphatic heterocycles. The van der Waals surface area contributed by atoms with Gasteiger partial charge < -0.3 is 19.8 Å². The highest BCUT2D eigenvalue weighted by Gasteiger charge is 2.27. The summed E-state index contributed by atoms with van der Waals surface area (Å²) in [5, 5.41) is 0. The van der Waals surface area contributed by atoms with Crippen LogP contribution in [0.5, 0.6) is 0 Å². The number of rotatable bonds is 10. The number of fused-ring (bicyclic) bond motifs is 8. The maximum absolute atomic E-state index is 5.52. The first-order valence-corrected chi connectivity index (χ1v) is 23.9. The van der Waals surface area contributed by atoms with Crippen LogP contribution in [0.3, 0.4) is 0 Å². The first kappa shape index (κ1) is 46.9. The number of aromatic nitrogens is 4. The average molecular weight is 869 g/mol. The molecule has 0 radical (unpaired) electrons. The summed E-state index contributed by atoms with van der Waals surface area (Å²) >= 11 is 0. The van der Waals surface area contributed by atoms with Crippen molar-refractivity contribution in [1.29, 1.82) is 0 Å². The summed E-state index contributed by atoms with van der Waals surface area (Å²) in [6.45, 7) is 18.0. The smallest absolute Gasteiger partial charge is 0.0851 e. The monoisotopic (exact) mass is 869 g/mol. The van der Waals surface area contributed by atoms with E-state index < -0.39 is 0 Å². The van der Waals surface area contributed by atoms with Crippen LogP contribution in [0.15, 0.2) is 60.7 Å². The van der Waals surface area contributed by atoms with E-state index in [9.17, 15) is 0 Å². The van der Waals surface area contributed by atoms with Crippen LogP contribution in [-0.4, -0.2) is 48.1 Å². The quantitative estimate of drug-likeness (QED) is 0.137. The lowest BCUT2D eigenvalue weighted by Crippen LogP contribution is -2.12. The van der Waals surface area contributed by atoms with E-state index >= 15 is 0 Å². The molecule has 0 fully saturated rings. The predicted molar refractivity (Wildman–Crippen MR) is 282 cm³/mol. The summed E-state index contributed by atoms with van der Waals surface area (Å²) in [4.78, 5) is 23.0. The van der Waals surface area contributed by atoms with Crippen molar-refractivity contribution in [1.82, 2.24) is 19.9 Å². The Morgan fingerprint density at radius 2 is 0.742 bits per heavy atom. The van der Waals surface area contributed by atoms with Gasteiger partial charge in [-0.15, -0.1) is 0 Å². The average Bonchev–Trinajstić information content (AvgIpc) is 4.06. The van der Waals surface area contributed by atoms with Crippen molar-refractivity contribution in [3.8, 4) is 47.4 Å². The zero-order valence-corrected chi connectivity index (χ0v) is 41.2. The van der Waals surface area contributed by atoms with E-state index in [0.29, 0.717) is 0 Å². The van der Waals surface area contributed by atoms with Crippen LogP contribution >= 0.6 is 0 Å². The first-order chi connectivity index (χ1) is 32.0. The summed E-state index contributed by atoms with van der Waals surface area (Å²) in [5.41, 5.74) is 24.5. The second-order valence-electron chi connectivity index (χ2n) is 17.2. The Hall–Kier alpha value is -7.12. The molecule has 5 heterocycles. The number of anilines is 2. The van der Waals surface area contributed by atoms with E-state index in [1.807, 2.05) is 52.5 Å². The summed E-state index contributed by atoms with van der Waals surface area (Å²) in [6.07, 6.45) is 7.11. The van der Waals surface area contributed by atoms with Crippen molar-refractivity contribution in [3.63, 3.8) is 0 Å². The molecule has 6 heteroatoms. The Balaban J connectivity index is 1.38. The molecule has 0 amide bonds. The standard InChI is InChI=1S/C60H64N6/c1-13-44-46(15-3)55-37-57-48(17-5)50(19-7)59(63-57)52(60-51(20-8)49(18-6)58(64-60)38-56-47(16-4)45(14-2)54(62-56)36-53(44)61-55)28-24-23-26-40-31-29-39(30-32-40)25-21-22-27-41-33-42(65(9)10)35-43(34-41)66(11)12/h29-38,61-62H,13-20H2,1-12H3. The molecular weight excluding hydrogens is 805 g/mol. The van der Waals surface area contributed by atoms with E-state index in [0.717, 1.165) is 119 Å². The maximum Gasteiger partial charge on any atom is 0.0851 e. The Bertz CT molecular complexity index is 3040. The van der Waals surface area contributed by atoms with Crippen LogP contribution in [0.4, 0.5) is 11.4 Å². The van der Waals surface area contributed by atoms with Gasteiger partial charge >= 0.3 is 0 Å². The van der Waals surface area contributed by atoms with Crippen LogP contribution in [0.2, 0.25) is 0 Å². The molecule has 0 spiro atoms. The fourth-order valence-corrected chi connectivity index (χ4v) is 9.53. The maximum atomic E-state index is 5.52. The molecular formula is C60H64N6. The van der Waals surface area contributed by atoms with E-state index in [4.69, 9.17) is 9.97 Å². The lowest BCUT2D eigenvalue weighted by atomic mass is 9.94. The molecule has 0 saturated heterocycles. The van der Waals surface area contributed by atoms with Gasteiger partial charge in [0.2, 0.25) is 0 Å². The topological polar surface area (TPSA) is 63.8 Å². The molecule has 334 valence electrons. The van der Waals surface area contributed by atoms with Gasteiger partial charge in [-0.3, -0.25) is 0 Å². The van der Waals surface area contributed by atoms with E-state index in [1.54, 1.807) is 0 Å². The number of aryl methyl sites for hydroxylation is 4. The summed E-state index contributed by atoms with van der Waals surface area (Å²) in [5.74, 6) is 25.8.